The van der Waals surface area contributed by atoms with Crippen molar-refractivity contribution in [1.29, 1.82) is 0 Å². The number of ether oxygens (including phenoxy) is 1. The number of amides is 1. The number of benzene rings is 1. The number of aliphatic hydroxyl groups is 1. The Morgan fingerprint density at radius 3 is 2.86 bits per heavy atom. The number of fused-ring (bicyclic) bond motifs is 1. The molecule has 4 nitrogen and oxygen atoms in total. The van der Waals surface area contributed by atoms with Gasteiger partial charge in [-0.1, -0.05) is 48.6 Å². The van der Waals surface area contributed by atoms with E-state index in [1.165, 1.54) is 11.1 Å². The summed E-state index contributed by atoms with van der Waals surface area (Å²) in [5, 5.41) is 12.1. The second kappa shape index (κ2) is 6.62. The highest BCUT2D eigenvalue weighted by molar-refractivity contribution is 5.68. The molecule has 1 atom stereocenters. The lowest BCUT2D eigenvalue weighted by molar-refractivity contribution is 0.137. The Morgan fingerprint density at radius 1 is 1.27 bits per heavy atom. The smallest absolute Gasteiger partial charge is 0.407 e. The first kappa shape index (κ1) is 14.6. The summed E-state index contributed by atoms with van der Waals surface area (Å²) in [5.41, 5.74) is 4.33. The van der Waals surface area contributed by atoms with Gasteiger partial charge in [-0.25, -0.2) is 4.79 Å². The molecule has 114 valence electrons. The lowest BCUT2D eigenvalue weighted by Crippen LogP contribution is -2.32. The molecule has 2 N–H and O–H groups in total. The highest BCUT2D eigenvalue weighted by atomic mass is 16.5. The zero-order valence-corrected chi connectivity index (χ0v) is 12.3. The minimum atomic E-state index is -0.403. The van der Waals surface area contributed by atoms with Gasteiger partial charge in [-0.05, 0) is 35.1 Å². The highest BCUT2D eigenvalue weighted by Gasteiger charge is 2.24. The number of hydrogen-bond acceptors (Lipinski definition) is 3. The molecule has 2 aliphatic rings. The Bertz CT molecular complexity index is 644. The van der Waals surface area contributed by atoms with Crippen molar-refractivity contribution in [3.63, 3.8) is 0 Å². The lowest BCUT2D eigenvalue weighted by atomic mass is 9.96. The third-order valence-corrected chi connectivity index (χ3v) is 3.90. The molecule has 0 saturated heterocycles. The third-order valence-electron chi connectivity index (χ3n) is 3.90. The average molecular weight is 297 g/mol. The number of alkyl carbamates (subject to hydrolysis) is 1. The first-order valence-corrected chi connectivity index (χ1v) is 7.43. The molecule has 0 heterocycles. The van der Waals surface area contributed by atoms with E-state index in [1.54, 1.807) is 0 Å². The summed E-state index contributed by atoms with van der Waals surface area (Å²) in [6.07, 6.45) is 7.27. The van der Waals surface area contributed by atoms with E-state index in [9.17, 15) is 9.90 Å². The molecular formula is C18H19NO3. The van der Waals surface area contributed by atoms with Crippen LogP contribution in [0.3, 0.4) is 0 Å². The van der Waals surface area contributed by atoms with Gasteiger partial charge in [0.2, 0.25) is 0 Å². The van der Waals surface area contributed by atoms with Gasteiger partial charge < -0.3 is 15.2 Å². The van der Waals surface area contributed by atoms with Crippen LogP contribution in [0.5, 0.6) is 0 Å². The summed E-state index contributed by atoms with van der Waals surface area (Å²) in [6, 6.07) is 9.58. The van der Waals surface area contributed by atoms with Crippen LogP contribution in [-0.2, 0) is 11.3 Å². The first-order chi connectivity index (χ1) is 10.7. The molecule has 3 rings (SSSR count). The van der Waals surface area contributed by atoms with Gasteiger partial charge in [0.15, 0.2) is 0 Å². The van der Waals surface area contributed by atoms with Gasteiger partial charge in [0.1, 0.15) is 6.61 Å². The molecule has 0 spiro atoms. The van der Waals surface area contributed by atoms with E-state index < -0.39 is 6.09 Å². The molecule has 0 aromatic heterocycles. The van der Waals surface area contributed by atoms with E-state index in [-0.39, 0.29) is 19.3 Å². The maximum Gasteiger partial charge on any atom is 0.407 e. The van der Waals surface area contributed by atoms with Crippen molar-refractivity contribution >= 4 is 6.09 Å². The molecule has 0 bridgehead atoms. The van der Waals surface area contributed by atoms with Crippen LogP contribution >= 0.6 is 0 Å². The molecule has 2 aliphatic carbocycles. The van der Waals surface area contributed by atoms with Crippen molar-refractivity contribution in [2.24, 2.45) is 0 Å². The second-order valence-electron chi connectivity index (χ2n) is 5.52. The van der Waals surface area contributed by atoms with Crippen molar-refractivity contribution in [1.82, 2.24) is 5.32 Å². The van der Waals surface area contributed by atoms with Gasteiger partial charge in [-0.15, -0.1) is 0 Å². The number of allylic oxidation sites excluding steroid dienone is 2. The minimum absolute atomic E-state index is 0.0315. The van der Waals surface area contributed by atoms with Crippen LogP contribution < -0.4 is 5.32 Å². The molecule has 1 aromatic rings. The summed E-state index contributed by atoms with van der Waals surface area (Å²) in [7, 11) is 0. The first-order valence-electron chi connectivity index (χ1n) is 7.43. The Morgan fingerprint density at radius 2 is 2.09 bits per heavy atom. The standard InChI is InChI=1S/C18H19NO3/c20-11-14-6-7-15-9-17(10-16(15)8-14)19-18(21)22-12-13-4-2-1-3-5-13/h1-6,8-9,17,20H,7,10-12H2,(H,19,21)/t17-/m1/s1. The van der Waals surface area contributed by atoms with Crippen LogP contribution in [0.2, 0.25) is 0 Å². The number of rotatable bonds is 4. The summed E-state index contributed by atoms with van der Waals surface area (Å²) >= 11 is 0. The third kappa shape index (κ3) is 3.46. The van der Waals surface area contributed by atoms with Crippen LogP contribution in [0.4, 0.5) is 4.79 Å². The lowest BCUT2D eigenvalue weighted by Gasteiger charge is -2.12. The van der Waals surface area contributed by atoms with E-state index in [2.05, 4.69) is 11.4 Å². The minimum Gasteiger partial charge on any atom is -0.445 e. The van der Waals surface area contributed by atoms with Gasteiger partial charge >= 0.3 is 6.09 Å². The molecule has 1 aromatic carbocycles. The van der Waals surface area contributed by atoms with Gasteiger partial charge in [0, 0.05) is 0 Å². The monoisotopic (exact) mass is 297 g/mol. The van der Waals surface area contributed by atoms with E-state index in [0.29, 0.717) is 0 Å². The fourth-order valence-electron chi connectivity index (χ4n) is 2.77. The Labute approximate surface area is 129 Å². The molecule has 0 radical (unpaired) electrons. The van der Waals surface area contributed by atoms with E-state index in [0.717, 1.165) is 24.0 Å². The molecule has 0 aliphatic heterocycles. The van der Waals surface area contributed by atoms with E-state index >= 15 is 0 Å². The predicted molar refractivity (Wildman–Crippen MR) is 84.1 cm³/mol. The second-order valence-corrected chi connectivity index (χ2v) is 5.52. The van der Waals surface area contributed by atoms with Gasteiger partial charge in [-0.3, -0.25) is 0 Å². The van der Waals surface area contributed by atoms with Crippen LogP contribution in [-0.4, -0.2) is 23.8 Å². The number of carbonyl (C=O) groups is 1. The molecule has 4 heteroatoms. The van der Waals surface area contributed by atoms with Crippen LogP contribution in [0.1, 0.15) is 18.4 Å². The quantitative estimate of drug-likeness (QED) is 0.898. The number of nitrogens with one attached hydrogen (secondary N) is 1. The van der Waals surface area contributed by atoms with Crippen LogP contribution in [0.25, 0.3) is 0 Å². The average Bonchev–Trinajstić information content (AvgIpc) is 2.95. The van der Waals surface area contributed by atoms with Crippen molar-refractivity contribution in [3.05, 3.63) is 70.8 Å². The molecule has 0 unspecified atom stereocenters. The van der Waals surface area contributed by atoms with Crippen molar-refractivity contribution in [2.75, 3.05) is 6.61 Å². The van der Waals surface area contributed by atoms with Crippen LogP contribution in [0, 0.1) is 0 Å². The molecule has 22 heavy (non-hydrogen) atoms. The zero-order chi connectivity index (χ0) is 15.4. The summed E-state index contributed by atoms with van der Waals surface area (Å²) in [4.78, 5) is 11.9. The maximum atomic E-state index is 11.9. The normalized spacial score (nSPS) is 19.7. The van der Waals surface area contributed by atoms with Gasteiger partial charge in [-0.2, -0.15) is 0 Å². The molecule has 0 fully saturated rings. The van der Waals surface area contributed by atoms with Crippen molar-refractivity contribution in [3.8, 4) is 0 Å². The van der Waals surface area contributed by atoms with E-state index in [1.807, 2.05) is 42.5 Å². The predicted octanol–water partition coefficient (Wildman–Crippen LogP) is 2.86. The summed E-state index contributed by atoms with van der Waals surface area (Å²) in [5.74, 6) is 0. The largest absolute Gasteiger partial charge is 0.445 e. The number of hydrogen-bond donors (Lipinski definition) is 2. The fraction of sp³-hybridized carbons (Fsp3) is 0.278. The zero-order valence-electron chi connectivity index (χ0n) is 12.3. The SMILES string of the molecule is O=C(N[C@@H]1C=C2CC=C(CO)C=C2C1)OCc1ccccc1. The fourth-order valence-corrected chi connectivity index (χ4v) is 2.77. The Kier molecular flexibility index (Phi) is 4.39. The Hall–Kier alpha value is -2.33. The highest BCUT2D eigenvalue weighted by Crippen LogP contribution is 2.32. The summed E-state index contributed by atoms with van der Waals surface area (Å²) in [6.45, 7) is 0.336. The van der Waals surface area contributed by atoms with E-state index in [4.69, 9.17) is 4.74 Å². The van der Waals surface area contributed by atoms with Gasteiger partial charge in [0.05, 0.1) is 12.6 Å². The molecular weight excluding hydrogens is 278 g/mol. The summed E-state index contributed by atoms with van der Waals surface area (Å²) < 4.78 is 5.23. The van der Waals surface area contributed by atoms with Crippen molar-refractivity contribution < 1.29 is 14.6 Å². The Balaban J connectivity index is 1.51. The van der Waals surface area contributed by atoms with Crippen LogP contribution in [0.15, 0.2) is 65.3 Å². The maximum absolute atomic E-state index is 11.9. The van der Waals surface area contributed by atoms with Crippen molar-refractivity contribution in [2.45, 2.75) is 25.5 Å². The molecule has 0 saturated carbocycles. The van der Waals surface area contributed by atoms with Gasteiger partial charge in [0.25, 0.3) is 0 Å². The molecule has 1 amide bonds. The topological polar surface area (TPSA) is 58.6 Å². The number of carbonyl (C=O) groups excluding carboxylic acids is 1. The number of aliphatic hydroxyl groups excluding tert-OH is 1.